The van der Waals surface area contributed by atoms with Gasteiger partial charge in [0, 0.05) is 6.54 Å². The fraction of sp³-hybridized carbons (Fsp3) is 0.280. The molecule has 1 heterocycles. The van der Waals surface area contributed by atoms with Crippen LogP contribution in [0.3, 0.4) is 0 Å². The highest BCUT2D eigenvalue weighted by Gasteiger charge is 2.31. The van der Waals surface area contributed by atoms with Crippen molar-refractivity contribution in [2.45, 2.75) is 38.1 Å². The fourth-order valence-electron chi connectivity index (χ4n) is 4.16. The number of anilines is 2. The molecule has 0 radical (unpaired) electrons. The molecule has 6 nitrogen and oxygen atoms in total. The Kier molecular flexibility index (Phi) is 6.50. The topological polar surface area (TPSA) is 74.8 Å². The van der Waals surface area contributed by atoms with Gasteiger partial charge in [0.25, 0.3) is 10.0 Å². The van der Waals surface area contributed by atoms with Crippen molar-refractivity contribution in [2.75, 3.05) is 20.9 Å². The van der Waals surface area contributed by atoms with Crippen LogP contribution in [-0.4, -0.2) is 29.1 Å². The first-order valence-electron chi connectivity index (χ1n) is 10.9. The average molecular weight is 485 g/mol. The lowest BCUT2D eigenvalue weighted by molar-refractivity contribution is 0.574. The Morgan fingerprint density at radius 1 is 0.879 bits per heavy atom. The third-order valence-corrected chi connectivity index (χ3v) is 9.66. The lowest BCUT2D eigenvalue weighted by Gasteiger charge is -2.31. The van der Waals surface area contributed by atoms with Gasteiger partial charge in [0.15, 0.2) is 0 Å². The molecule has 0 N–H and O–H groups in total. The molecule has 8 heteroatoms. The van der Waals surface area contributed by atoms with Crippen LogP contribution in [0.1, 0.15) is 29.5 Å². The van der Waals surface area contributed by atoms with Crippen molar-refractivity contribution >= 4 is 31.4 Å². The van der Waals surface area contributed by atoms with E-state index in [-0.39, 0.29) is 17.2 Å². The Morgan fingerprint density at radius 3 is 2.15 bits per heavy atom. The van der Waals surface area contributed by atoms with Crippen molar-refractivity contribution in [3.8, 4) is 0 Å². The second-order valence-electron chi connectivity index (χ2n) is 8.33. The number of hydrogen-bond acceptors (Lipinski definition) is 4. The van der Waals surface area contributed by atoms with E-state index in [4.69, 9.17) is 0 Å². The third-order valence-electron chi connectivity index (χ3n) is 5.89. The lowest BCUT2D eigenvalue weighted by Crippen LogP contribution is -2.38. The van der Waals surface area contributed by atoms with E-state index >= 15 is 0 Å². The molecule has 174 valence electrons. The van der Waals surface area contributed by atoms with Gasteiger partial charge >= 0.3 is 0 Å². The summed E-state index contributed by atoms with van der Waals surface area (Å²) in [6.07, 6.45) is 1.44. The molecule has 1 aliphatic rings. The highest BCUT2D eigenvalue weighted by Crippen LogP contribution is 2.34. The number of aryl methyl sites for hydroxylation is 2. The van der Waals surface area contributed by atoms with Crippen molar-refractivity contribution in [1.29, 1.82) is 0 Å². The first kappa shape index (κ1) is 23.3. The van der Waals surface area contributed by atoms with E-state index in [1.807, 2.05) is 48.5 Å². The summed E-state index contributed by atoms with van der Waals surface area (Å²) in [5, 5.41) is 0. The lowest BCUT2D eigenvalue weighted by atomic mass is 10.1. The minimum absolute atomic E-state index is 0.115. The summed E-state index contributed by atoms with van der Waals surface area (Å²) in [5.41, 5.74) is 3.14. The molecular weight excluding hydrogens is 456 g/mol. The summed E-state index contributed by atoms with van der Waals surface area (Å²) in [4.78, 5) is 0.179. The molecule has 33 heavy (non-hydrogen) atoms. The predicted octanol–water partition coefficient (Wildman–Crippen LogP) is 4.63. The number of benzene rings is 3. The van der Waals surface area contributed by atoms with E-state index in [0.717, 1.165) is 12.0 Å². The summed E-state index contributed by atoms with van der Waals surface area (Å²) >= 11 is 0. The van der Waals surface area contributed by atoms with Gasteiger partial charge < -0.3 is 0 Å². The van der Waals surface area contributed by atoms with Crippen LogP contribution < -0.4 is 8.61 Å². The molecule has 0 amide bonds. The summed E-state index contributed by atoms with van der Waals surface area (Å²) in [6, 6.07) is 21.8. The zero-order chi connectivity index (χ0) is 23.6. The molecule has 1 fully saturated rings. The largest absolute Gasteiger partial charge is 0.270 e. The first-order chi connectivity index (χ1) is 15.7. The molecule has 4 rings (SSSR count). The standard InChI is InChI=1S/C25H28N2O4S2/c1-20-18-25(21(2)17-24(20)26-15-9-10-16-32(26,28)29)33(30,31)27(23-13-7-4-8-14-23)19-22-11-5-3-6-12-22/h3-8,11-14,17-18H,9-10,15-16,19H2,1-2H3. The van der Waals surface area contributed by atoms with Crippen molar-refractivity contribution in [1.82, 2.24) is 0 Å². The van der Waals surface area contributed by atoms with Crippen LogP contribution in [0.25, 0.3) is 0 Å². The summed E-state index contributed by atoms with van der Waals surface area (Å²) in [7, 11) is -7.31. The molecule has 0 atom stereocenters. The Bertz CT molecular complexity index is 1340. The van der Waals surface area contributed by atoms with Gasteiger partial charge in [-0.2, -0.15) is 0 Å². The molecule has 1 aliphatic heterocycles. The first-order valence-corrected chi connectivity index (χ1v) is 14.0. The SMILES string of the molecule is Cc1cc(S(=O)(=O)N(Cc2ccccc2)c2ccccc2)c(C)cc1N1CCCCS1(=O)=O. The molecule has 3 aromatic carbocycles. The van der Waals surface area contributed by atoms with E-state index in [9.17, 15) is 16.8 Å². The summed E-state index contributed by atoms with van der Waals surface area (Å²) in [5.74, 6) is 0.115. The van der Waals surface area contributed by atoms with Gasteiger partial charge in [-0.1, -0.05) is 48.5 Å². The Balaban J connectivity index is 1.79. The van der Waals surface area contributed by atoms with Crippen LogP contribution in [0, 0.1) is 13.8 Å². The second-order valence-corrected chi connectivity index (χ2v) is 12.2. The summed E-state index contributed by atoms with van der Waals surface area (Å²) < 4.78 is 55.9. The van der Waals surface area contributed by atoms with E-state index in [1.54, 1.807) is 38.1 Å². The van der Waals surface area contributed by atoms with E-state index < -0.39 is 20.0 Å². The molecule has 0 saturated carbocycles. The molecule has 0 aromatic heterocycles. The third kappa shape index (κ3) is 4.77. The number of nitrogens with zero attached hydrogens (tertiary/aromatic N) is 2. The Morgan fingerprint density at radius 2 is 1.52 bits per heavy atom. The molecule has 3 aromatic rings. The zero-order valence-corrected chi connectivity index (χ0v) is 20.4. The molecule has 0 unspecified atom stereocenters. The minimum atomic E-state index is -3.92. The van der Waals surface area contributed by atoms with Gasteiger partial charge in [0.2, 0.25) is 10.0 Å². The van der Waals surface area contributed by atoms with Crippen molar-refractivity contribution in [3.63, 3.8) is 0 Å². The summed E-state index contributed by atoms with van der Waals surface area (Å²) in [6.45, 7) is 4.09. The Labute approximate surface area is 196 Å². The van der Waals surface area contributed by atoms with Crippen LogP contribution >= 0.6 is 0 Å². The molecular formula is C25H28N2O4S2. The van der Waals surface area contributed by atoms with Gasteiger partial charge in [0.1, 0.15) is 0 Å². The highest BCUT2D eigenvalue weighted by atomic mass is 32.2. The van der Waals surface area contributed by atoms with Gasteiger partial charge in [-0.05, 0) is 67.6 Å². The van der Waals surface area contributed by atoms with E-state index in [1.165, 1.54) is 8.61 Å². The maximum absolute atomic E-state index is 13.9. The van der Waals surface area contributed by atoms with Gasteiger partial charge in [-0.3, -0.25) is 8.61 Å². The average Bonchev–Trinajstić information content (AvgIpc) is 2.80. The zero-order valence-electron chi connectivity index (χ0n) is 18.8. The smallest absolute Gasteiger partial charge is 0.264 e. The van der Waals surface area contributed by atoms with Crippen LogP contribution in [0.2, 0.25) is 0 Å². The van der Waals surface area contributed by atoms with Gasteiger partial charge in [-0.25, -0.2) is 16.8 Å². The van der Waals surface area contributed by atoms with E-state index in [0.29, 0.717) is 35.5 Å². The normalized spacial score (nSPS) is 15.9. The van der Waals surface area contributed by atoms with Crippen LogP contribution in [-0.2, 0) is 26.6 Å². The fourth-order valence-corrected chi connectivity index (χ4v) is 7.60. The highest BCUT2D eigenvalue weighted by molar-refractivity contribution is 7.93. The van der Waals surface area contributed by atoms with Crippen molar-refractivity contribution < 1.29 is 16.8 Å². The van der Waals surface area contributed by atoms with Crippen LogP contribution in [0.5, 0.6) is 0 Å². The number of hydrogen-bond donors (Lipinski definition) is 0. The number of sulfonamides is 2. The monoisotopic (exact) mass is 484 g/mol. The van der Waals surface area contributed by atoms with Crippen LogP contribution in [0.15, 0.2) is 77.7 Å². The maximum atomic E-state index is 13.9. The van der Waals surface area contributed by atoms with Crippen molar-refractivity contribution in [2.24, 2.45) is 0 Å². The molecule has 0 spiro atoms. The van der Waals surface area contributed by atoms with E-state index in [2.05, 4.69) is 0 Å². The molecule has 1 saturated heterocycles. The quantitative estimate of drug-likeness (QED) is 0.511. The molecule has 0 bridgehead atoms. The van der Waals surface area contributed by atoms with Crippen LogP contribution in [0.4, 0.5) is 11.4 Å². The minimum Gasteiger partial charge on any atom is -0.270 e. The second kappa shape index (κ2) is 9.19. The molecule has 0 aliphatic carbocycles. The van der Waals surface area contributed by atoms with Gasteiger partial charge in [-0.15, -0.1) is 0 Å². The Hall–Kier alpha value is -2.84. The number of para-hydroxylation sites is 1. The maximum Gasteiger partial charge on any atom is 0.264 e. The van der Waals surface area contributed by atoms with Gasteiger partial charge in [0.05, 0.1) is 28.6 Å². The number of rotatable bonds is 6. The van der Waals surface area contributed by atoms with Crippen molar-refractivity contribution in [3.05, 3.63) is 89.5 Å². The predicted molar refractivity (Wildman–Crippen MR) is 133 cm³/mol.